The quantitative estimate of drug-likeness (QED) is 0.876. The molecule has 0 spiro atoms. The van der Waals surface area contributed by atoms with Gasteiger partial charge in [-0.3, -0.25) is 4.79 Å². The number of nitrogens with zero attached hydrogens (tertiary/aromatic N) is 1. The molecule has 2 rings (SSSR count). The van der Waals surface area contributed by atoms with E-state index < -0.39 is 0 Å². The van der Waals surface area contributed by atoms with E-state index in [1.54, 1.807) is 0 Å². The van der Waals surface area contributed by atoms with Crippen molar-refractivity contribution < 1.29 is 4.79 Å². The van der Waals surface area contributed by atoms with E-state index >= 15 is 0 Å². The monoisotopic (exact) mass is 313 g/mol. The first-order valence-electron chi connectivity index (χ1n) is 6.23. The summed E-state index contributed by atoms with van der Waals surface area (Å²) in [5.74, 6) is 0.00294. The van der Waals surface area contributed by atoms with Crippen LogP contribution in [-0.2, 0) is 7.05 Å². The lowest BCUT2D eigenvalue weighted by Crippen LogP contribution is -2.54. The Balaban J connectivity index is 2.09. The SMILES string of the molecule is Cn1cc(Br)cc1C(=O)NC1CCNCC1(C)C. The number of aromatic nitrogens is 1. The van der Waals surface area contributed by atoms with Gasteiger partial charge in [0.15, 0.2) is 0 Å². The van der Waals surface area contributed by atoms with Crippen LogP contribution in [0.1, 0.15) is 30.8 Å². The number of hydrogen-bond acceptors (Lipinski definition) is 2. The molecule has 1 saturated heterocycles. The van der Waals surface area contributed by atoms with Crippen molar-refractivity contribution in [3.8, 4) is 0 Å². The summed E-state index contributed by atoms with van der Waals surface area (Å²) in [4.78, 5) is 12.3. The largest absolute Gasteiger partial charge is 0.347 e. The second-order valence-corrected chi connectivity index (χ2v) is 6.55. The summed E-state index contributed by atoms with van der Waals surface area (Å²) in [5, 5.41) is 6.53. The summed E-state index contributed by atoms with van der Waals surface area (Å²) >= 11 is 3.39. The average Bonchev–Trinajstić information content (AvgIpc) is 2.61. The van der Waals surface area contributed by atoms with Crippen molar-refractivity contribution in [1.82, 2.24) is 15.2 Å². The van der Waals surface area contributed by atoms with Gasteiger partial charge in [0.2, 0.25) is 0 Å². The van der Waals surface area contributed by atoms with Gasteiger partial charge >= 0.3 is 0 Å². The molecule has 0 aliphatic carbocycles. The topological polar surface area (TPSA) is 46.1 Å². The summed E-state index contributed by atoms with van der Waals surface area (Å²) in [6, 6.07) is 2.07. The molecule has 1 unspecified atom stereocenters. The molecule has 1 aromatic rings. The molecular formula is C13H20BrN3O. The summed E-state index contributed by atoms with van der Waals surface area (Å²) < 4.78 is 2.77. The number of carbonyl (C=O) groups excluding carboxylic acids is 1. The Labute approximate surface area is 116 Å². The number of amides is 1. The predicted octanol–water partition coefficient (Wildman–Crippen LogP) is 1.91. The molecule has 2 heterocycles. The van der Waals surface area contributed by atoms with Crippen molar-refractivity contribution in [1.29, 1.82) is 0 Å². The molecule has 0 saturated carbocycles. The second kappa shape index (κ2) is 5.05. The van der Waals surface area contributed by atoms with Crippen LogP contribution in [-0.4, -0.2) is 29.6 Å². The summed E-state index contributed by atoms with van der Waals surface area (Å²) in [6.45, 7) is 6.27. The van der Waals surface area contributed by atoms with Crippen molar-refractivity contribution in [2.24, 2.45) is 12.5 Å². The van der Waals surface area contributed by atoms with E-state index in [1.165, 1.54) is 0 Å². The molecule has 2 N–H and O–H groups in total. The van der Waals surface area contributed by atoms with E-state index in [2.05, 4.69) is 40.4 Å². The van der Waals surface area contributed by atoms with Crippen LogP contribution >= 0.6 is 15.9 Å². The Morgan fingerprint density at radius 3 is 2.89 bits per heavy atom. The van der Waals surface area contributed by atoms with Gasteiger partial charge in [-0.2, -0.15) is 0 Å². The van der Waals surface area contributed by atoms with Crippen LogP contribution in [0, 0.1) is 5.41 Å². The number of carbonyl (C=O) groups is 1. The van der Waals surface area contributed by atoms with Crippen molar-refractivity contribution in [2.45, 2.75) is 26.3 Å². The zero-order valence-electron chi connectivity index (χ0n) is 11.1. The Kier molecular flexibility index (Phi) is 3.82. The first-order chi connectivity index (χ1) is 8.40. The van der Waals surface area contributed by atoms with Crippen molar-refractivity contribution in [3.63, 3.8) is 0 Å². The minimum atomic E-state index is 0.00294. The molecule has 5 heteroatoms. The zero-order chi connectivity index (χ0) is 13.3. The number of rotatable bonds is 2. The molecular weight excluding hydrogens is 294 g/mol. The van der Waals surface area contributed by atoms with E-state index in [0.717, 1.165) is 24.0 Å². The van der Waals surface area contributed by atoms with Gasteiger partial charge in [0.25, 0.3) is 5.91 Å². The fourth-order valence-corrected chi connectivity index (χ4v) is 2.94. The summed E-state index contributed by atoms with van der Waals surface area (Å²) in [5.41, 5.74) is 0.784. The zero-order valence-corrected chi connectivity index (χ0v) is 12.7. The smallest absolute Gasteiger partial charge is 0.268 e. The third kappa shape index (κ3) is 2.78. The van der Waals surface area contributed by atoms with Crippen LogP contribution in [0.4, 0.5) is 0 Å². The Hall–Kier alpha value is -0.810. The fraction of sp³-hybridized carbons (Fsp3) is 0.615. The van der Waals surface area contributed by atoms with Crippen LogP contribution in [0.5, 0.6) is 0 Å². The van der Waals surface area contributed by atoms with E-state index in [9.17, 15) is 4.79 Å². The van der Waals surface area contributed by atoms with Crippen molar-refractivity contribution in [3.05, 3.63) is 22.4 Å². The lowest BCUT2D eigenvalue weighted by Gasteiger charge is -2.39. The number of nitrogens with one attached hydrogen (secondary N) is 2. The third-order valence-corrected chi connectivity index (χ3v) is 4.08. The van der Waals surface area contributed by atoms with Gasteiger partial charge in [0.1, 0.15) is 5.69 Å². The van der Waals surface area contributed by atoms with Gasteiger partial charge < -0.3 is 15.2 Å². The first kappa shape index (κ1) is 13.6. The highest BCUT2D eigenvalue weighted by Crippen LogP contribution is 2.25. The molecule has 1 fully saturated rings. The predicted molar refractivity (Wildman–Crippen MR) is 75.6 cm³/mol. The normalized spacial score (nSPS) is 22.8. The first-order valence-corrected chi connectivity index (χ1v) is 7.03. The van der Waals surface area contributed by atoms with Crippen LogP contribution < -0.4 is 10.6 Å². The maximum absolute atomic E-state index is 12.3. The molecule has 1 amide bonds. The van der Waals surface area contributed by atoms with Crippen LogP contribution in [0.15, 0.2) is 16.7 Å². The van der Waals surface area contributed by atoms with Gasteiger partial charge in [-0.15, -0.1) is 0 Å². The molecule has 0 bridgehead atoms. The highest BCUT2D eigenvalue weighted by atomic mass is 79.9. The van der Waals surface area contributed by atoms with E-state index in [1.807, 2.05) is 23.9 Å². The van der Waals surface area contributed by atoms with Crippen LogP contribution in [0.25, 0.3) is 0 Å². The standard InChI is InChI=1S/C13H20BrN3O/c1-13(2)8-15-5-4-11(13)16-12(18)10-6-9(14)7-17(10)3/h6-7,11,15H,4-5,8H2,1-3H3,(H,16,18). The maximum atomic E-state index is 12.3. The van der Waals surface area contributed by atoms with Crippen molar-refractivity contribution >= 4 is 21.8 Å². The second-order valence-electron chi connectivity index (χ2n) is 5.63. The molecule has 4 nitrogen and oxygen atoms in total. The number of aryl methyl sites for hydroxylation is 1. The van der Waals surface area contributed by atoms with Gasteiger partial charge in [-0.25, -0.2) is 0 Å². The highest BCUT2D eigenvalue weighted by Gasteiger charge is 2.33. The minimum Gasteiger partial charge on any atom is -0.347 e. The molecule has 1 aromatic heterocycles. The third-order valence-electron chi connectivity index (χ3n) is 3.64. The van der Waals surface area contributed by atoms with E-state index in [4.69, 9.17) is 0 Å². The summed E-state index contributed by atoms with van der Waals surface area (Å²) in [6.07, 6.45) is 2.87. The Morgan fingerprint density at radius 2 is 2.33 bits per heavy atom. The van der Waals surface area contributed by atoms with Gasteiger partial charge in [0.05, 0.1) is 0 Å². The molecule has 1 aliphatic rings. The average molecular weight is 314 g/mol. The minimum absolute atomic E-state index is 0.00294. The molecule has 0 radical (unpaired) electrons. The molecule has 1 atom stereocenters. The fourth-order valence-electron chi connectivity index (χ4n) is 2.42. The molecule has 1 aliphatic heterocycles. The highest BCUT2D eigenvalue weighted by molar-refractivity contribution is 9.10. The number of piperidine rings is 1. The molecule has 0 aromatic carbocycles. The van der Waals surface area contributed by atoms with Crippen LogP contribution in [0.3, 0.4) is 0 Å². The summed E-state index contributed by atoms with van der Waals surface area (Å²) in [7, 11) is 1.88. The molecule has 18 heavy (non-hydrogen) atoms. The van der Waals surface area contributed by atoms with Gasteiger partial charge in [0, 0.05) is 30.3 Å². The lowest BCUT2D eigenvalue weighted by atomic mass is 9.80. The van der Waals surface area contributed by atoms with E-state index in [-0.39, 0.29) is 17.4 Å². The Bertz CT molecular complexity index is 453. The molecule has 100 valence electrons. The Morgan fingerprint density at radius 1 is 1.61 bits per heavy atom. The maximum Gasteiger partial charge on any atom is 0.268 e. The number of halogens is 1. The van der Waals surface area contributed by atoms with Gasteiger partial charge in [-0.1, -0.05) is 13.8 Å². The van der Waals surface area contributed by atoms with E-state index in [0.29, 0.717) is 5.69 Å². The number of hydrogen-bond donors (Lipinski definition) is 2. The van der Waals surface area contributed by atoms with Crippen LogP contribution in [0.2, 0.25) is 0 Å². The van der Waals surface area contributed by atoms with Gasteiger partial charge in [-0.05, 0) is 40.4 Å². The van der Waals surface area contributed by atoms with Crippen molar-refractivity contribution in [2.75, 3.05) is 13.1 Å². The lowest BCUT2D eigenvalue weighted by molar-refractivity contribution is 0.0860.